The van der Waals surface area contributed by atoms with Crippen LogP contribution in [0, 0.1) is 26.3 Å². The second kappa shape index (κ2) is 11.7. The SMILES string of the molecule is [2H]C([2H])([2H])c1ccc(-c2[c-]cccc2)nc1.[2H]c1c(C([2H])([2H])[2H])cnc(C(=[CH-])CC2Oc3ccccc3C2=C)c1[2H].[Ir]. The topological polar surface area (TPSA) is 35.0 Å². The number of rotatable bonds is 4. The number of nitrogens with zero attached hydrogens (tertiary/aromatic N) is 2. The maximum Gasteiger partial charge on any atom is 0.127 e. The third kappa shape index (κ3) is 6.16. The Hall–Kier alpha value is -3.33. The molecule has 173 valence electrons. The van der Waals surface area contributed by atoms with Crippen LogP contribution in [0.4, 0.5) is 0 Å². The molecule has 0 saturated heterocycles. The van der Waals surface area contributed by atoms with Gasteiger partial charge >= 0.3 is 0 Å². The molecule has 4 aromatic rings. The Morgan fingerprint density at radius 3 is 2.56 bits per heavy atom. The monoisotopic (exact) mass is 631 g/mol. The summed E-state index contributed by atoms with van der Waals surface area (Å²) in [6.45, 7) is 5.55. The molecule has 3 heterocycles. The van der Waals surface area contributed by atoms with Crippen molar-refractivity contribution < 1.29 is 35.8 Å². The fraction of sp³-hybridized carbons (Fsp3) is 0.133. The van der Waals surface area contributed by atoms with E-state index in [1.54, 1.807) is 18.2 Å². The van der Waals surface area contributed by atoms with Gasteiger partial charge in [-0.25, -0.2) is 0 Å². The fourth-order valence-electron chi connectivity index (χ4n) is 3.28. The largest absolute Gasteiger partial charge is 0.485 e. The van der Waals surface area contributed by atoms with Crippen LogP contribution in [0.5, 0.6) is 5.75 Å². The van der Waals surface area contributed by atoms with E-state index in [0.29, 0.717) is 0 Å². The maximum atomic E-state index is 8.04. The molecule has 0 spiro atoms. The van der Waals surface area contributed by atoms with Crippen molar-refractivity contribution in [1.29, 1.82) is 0 Å². The molecule has 0 amide bonds. The van der Waals surface area contributed by atoms with Gasteiger partial charge in [0.25, 0.3) is 0 Å². The molecule has 1 unspecified atom stereocenters. The van der Waals surface area contributed by atoms with Crippen molar-refractivity contribution in [3.05, 3.63) is 127 Å². The van der Waals surface area contributed by atoms with Crippen molar-refractivity contribution in [2.24, 2.45) is 0 Å². The van der Waals surface area contributed by atoms with E-state index < -0.39 is 13.7 Å². The Kier molecular flexibility index (Phi) is 5.61. The zero-order valence-electron chi connectivity index (χ0n) is 26.1. The number of pyridine rings is 2. The van der Waals surface area contributed by atoms with E-state index in [0.717, 1.165) is 34.3 Å². The van der Waals surface area contributed by atoms with Crippen molar-refractivity contribution in [3.63, 3.8) is 0 Å². The van der Waals surface area contributed by atoms with Gasteiger partial charge in [-0.3, -0.25) is 6.58 Å². The number of para-hydroxylation sites is 1. The van der Waals surface area contributed by atoms with Crippen molar-refractivity contribution >= 4 is 11.1 Å². The Bertz CT molecular complexity index is 1570. The summed E-state index contributed by atoms with van der Waals surface area (Å²) in [5.74, 6) is 0.725. The molecule has 3 nitrogen and oxygen atoms in total. The molecule has 0 aliphatic carbocycles. The Morgan fingerprint density at radius 2 is 1.85 bits per heavy atom. The van der Waals surface area contributed by atoms with Crippen LogP contribution >= 0.6 is 0 Å². The van der Waals surface area contributed by atoms with Crippen LogP contribution in [0.1, 0.15) is 39.8 Å². The van der Waals surface area contributed by atoms with E-state index in [4.69, 9.17) is 22.3 Å². The number of benzene rings is 2. The summed E-state index contributed by atoms with van der Waals surface area (Å²) in [7, 11) is 0. The van der Waals surface area contributed by atoms with Gasteiger partial charge in [-0.1, -0.05) is 48.6 Å². The molecule has 1 radical (unpaired) electrons. The minimum atomic E-state index is -2.49. The summed E-state index contributed by atoms with van der Waals surface area (Å²) >= 11 is 0. The molecule has 34 heavy (non-hydrogen) atoms. The zero-order valence-corrected chi connectivity index (χ0v) is 20.5. The standard InChI is InChI=1S/C18H16NO.C12H10N.Ir/c1-12-8-9-16(19-11-12)13(2)10-18-14(3)15-6-4-5-7-17(15)20-18;1-10-7-8-12(13-9-10)11-5-3-2-4-6-11;/h2,4-9,11,18H,3,10H2,1H3;2-5,7-9H,1H3;/q2*-1;/i1D3,8D,9D;1D3;. The molecular formula is C30H26IrN2O-2. The first kappa shape index (κ1) is 16.3. The van der Waals surface area contributed by atoms with Gasteiger partial charge in [0.15, 0.2) is 0 Å². The molecule has 2 aromatic heterocycles. The van der Waals surface area contributed by atoms with Crippen molar-refractivity contribution in [2.45, 2.75) is 26.2 Å². The summed E-state index contributed by atoms with van der Waals surface area (Å²) in [4.78, 5) is 8.13. The van der Waals surface area contributed by atoms with Crippen LogP contribution in [0.15, 0.2) is 91.7 Å². The zero-order chi connectivity index (χ0) is 29.9. The molecule has 1 atom stereocenters. The number of ether oxygens (including phenoxy) is 1. The van der Waals surface area contributed by atoms with Crippen LogP contribution in [-0.4, -0.2) is 16.1 Å². The number of aryl methyl sites for hydroxylation is 2. The fourth-order valence-corrected chi connectivity index (χ4v) is 3.28. The van der Waals surface area contributed by atoms with Crippen LogP contribution in [0.3, 0.4) is 0 Å². The maximum absolute atomic E-state index is 8.04. The van der Waals surface area contributed by atoms with Crippen molar-refractivity contribution in [3.8, 4) is 17.0 Å². The quantitative estimate of drug-likeness (QED) is 0.230. The van der Waals surface area contributed by atoms with E-state index in [9.17, 15) is 0 Å². The van der Waals surface area contributed by atoms with E-state index in [2.05, 4.69) is 22.6 Å². The van der Waals surface area contributed by atoms with Crippen molar-refractivity contribution in [2.75, 3.05) is 0 Å². The molecule has 0 fully saturated rings. The minimum Gasteiger partial charge on any atom is -0.485 e. The van der Waals surface area contributed by atoms with E-state index in [1.165, 1.54) is 6.20 Å². The molecule has 1 aliphatic heterocycles. The first-order chi connectivity index (χ1) is 19.3. The molecule has 2 aromatic carbocycles. The van der Waals surface area contributed by atoms with Gasteiger partial charge < -0.3 is 14.7 Å². The summed E-state index contributed by atoms with van der Waals surface area (Å²) in [5.41, 5.74) is 3.65. The third-order valence-electron chi connectivity index (χ3n) is 4.99. The Morgan fingerprint density at radius 1 is 1.06 bits per heavy atom. The Labute approximate surface area is 226 Å². The second-order valence-corrected chi connectivity index (χ2v) is 7.34. The number of fused-ring (bicyclic) bond motifs is 1. The van der Waals surface area contributed by atoms with Gasteiger partial charge in [-0.05, 0) is 48.6 Å². The van der Waals surface area contributed by atoms with Gasteiger partial charge in [0, 0.05) is 47.7 Å². The van der Waals surface area contributed by atoms with Crippen LogP contribution in [-0.2, 0) is 20.1 Å². The molecule has 0 saturated carbocycles. The minimum absolute atomic E-state index is 0. The van der Waals surface area contributed by atoms with Gasteiger partial charge in [-0.15, -0.1) is 41.9 Å². The van der Waals surface area contributed by atoms with Gasteiger partial charge in [0.05, 0.1) is 1.37 Å². The normalized spacial score (nSPS) is 17.8. The molecule has 0 N–H and O–H groups in total. The van der Waals surface area contributed by atoms with Crippen LogP contribution in [0.2, 0.25) is 0 Å². The summed E-state index contributed by atoms with van der Waals surface area (Å²) < 4.78 is 65.7. The number of hydrogen-bond donors (Lipinski definition) is 0. The molecule has 4 heteroatoms. The molecule has 5 rings (SSSR count). The van der Waals surface area contributed by atoms with Gasteiger partial charge in [0.2, 0.25) is 0 Å². The van der Waals surface area contributed by atoms with Gasteiger partial charge in [-0.2, -0.15) is 5.57 Å². The predicted octanol–water partition coefficient (Wildman–Crippen LogP) is 6.93. The summed E-state index contributed by atoms with van der Waals surface area (Å²) in [6.07, 6.45) is 2.35. The average Bonchev–Trinajstić information content (AvgIpc) is 3.24. The number of aromatic nitrogens is 2. The third-order valence-corrected chi connectivity index (χ3v) is 4.99. The predicted molar refractivity (Wildman–Crippen MR) is 134 cm³/mol. The Balaban J connectivity index is 0.000000247. The smallest absolute Gasteiger partial charge is 0.127 e. The number of hydrogen-bond acceptors (Lipinski definition) is 3. The molecule has 0 bridgehead atoms. The van der Waals surface area contributed by atoms with E-state index in [-0.39, 0.29) is 67.1 Å². The van der Waals surface area contributed by atoms with Crippen molar-refractivity contribution in [1.82, 2.24) is 9.97 Å². The van der Waals surface area contributed by atoms with E-state index >= 15 is 0 Å². The van der Waals surface area contributed by atoms with Gasteiger partial charge in [0.1, 0.15) is 11.9 Å². The molecular weight excluding hydrogens is 597 g/mol. The van der Waals surface area contributed by atoms with Crippen LogP contribution < -0.4 is 4.74 Å². The first-order valence-electron chi connectivity index (χ1n) is 14.2. The summed E-state index contributed by atoms with van der Waals surface area (Å²) in [5, 5.41) is 0. The second-order valence-electron chi connectivity index (χ2n) is 7.34. The van der Waals surface area contributed by atoms with E-state index in [1.807, 2.05) is 42.5 Å². The average molecular weight is 631 g/mol. The van der Waals surface area contributed by atoms with Crippen LogP contribution in [0.25, 0.3) is 22.4 Å². The first-order valence-corrected chi connectivity index (χ1v) is 10.2. The molecule has 1 aliphatic rings. The summed E-state index contributed by atoms with van der Waals surface area (Å²) in [6, 6.07) is 20.6.